The highest BCUT2D eigenvalue weighted by Gasteiger charge is 2.08. The van der Waals surface area contributed by atoms with Crippen LogP contribution in [0.5, 0.6) is 0 Å². The first kappa shape index (κ1) is 15.0. The van der Waals surface area contributed by atoms with E-state index in [4.69, 9.17) is 0 Å². The molecular weight excluding hydrogens is 282 g/mol. The van der Waals surface area contributed by atoms with Crippen molar-refractivity contribution in [1.82, 2.24) is 5.32 Å². The first-order chi connectivity index (χ1) is 11.2. The Morgan fingerprint density at radius 2 is 1.61 bits per heavy atom. The minimum atomic E-state index is -0.0884. The molecule has 0 heterocycles. The smallest absolute Gasteiger partial charge is 0.244 e. The number of hydrogen-bond donors (Lipinski definition) is 1. The summed E-state index contributed by atoms with van der Waals surface area (Å²) in [6.07, 6.45) is 3.40. The van der Waals surface area contributed by atoms with Crippen molar-refractivity contribution in [3.8, 4) is 0 Å². The molecule has 114 valence electrons. The maximum absolute atomic E-state index is 12.1. The number of nitrogens with one attached hydrogen (secondary N) is 1. The molecule has 0 radical (unpaired) electrons. The molecule has 0 fully saturated rings. The summed E-state index contributed by atoms with van der Waals surface area (Å²) in [7, 11) is 0. The van der Waals surface area contributed by atoms with Crippen LogP contribution in [0, 0.1) is 0 Å². The highest BCUT2D eigenvalue weighted by Crippen LogP contribution is 2.20. The second-order valence-corrected chi connectivity index (χ2v) is 5.58. The molecule has 2 nitrogen and oxygen atoms in total. The summed E-state index contributed by atoms with van der Waals surface area (Å²) in [5.74, 6) is -0.0884. The summed E-state index contributed by atoms with van der Waals surface area (Å²) in [6.45, 7) is 2.00. The van der Waals surface area contributed by atoms with Crippen LogP contribution in [-0.4, -0.2) is 5.91 Å². The summed E-state index contributed by atoms with van der Waals surface area (Å²) in [4.78, 5) is 12.1. The van der Waals surface area contributed by atoms with Crippen molar-refractivity contribution in [2.75, 3.05) is 0 Å². The number of carbonyl (C=O) groups excluding carboxylic acids is 1. The van der Waals surface area contributed by atoms with Crippen molar-refractivity contribution in [2.45, 2.75) is 13.0 Å². The Labute approximate surface area is 136 Å². The second kappa shape index (κ2) is 6.93. The predicted octanol–water partition coefficient (Wildman–Crippen LogP) is 4.73. The van der Waals surface area contributed by atoms with E-state index >= 15 is 0 Å². The van der Waals surface area contributed by atoms with Crippen molar-refractivity contribution in [3.63, 3.8) is 0 Å². The lowest BCUT2D eigenvalue weighted by Crippen LogP contribution is -2.24. The molecule has 0 aliphatic heterocycles. The number of fused-ring (bicyclic) bond motifs is 1. The zero-order valence-electron chi connectivity index (χ0n) is 13.1. The number of benzene rings is 3. The van der Waals surface area contributed by atoms with Crippen LogP contribution in [-0.2, 0) is 4.79 Å². The molecule has 1 N–H and O–H groups in total. The van der Waals surface area contributed by atoms with E-state index in [0.717, 1.165) is 11.1 Å². The van der Waals surface area contributed by atoms with Gasteiger partial charge >= 0.3 is 0 Å². The van der Waals surface area contributed by atoms with Gasteiger partial charge < -0.3 is 5.32 Å². The van der Waals surface area contributed by atoms with Gasteiger partial charge in [-0.25, -0.2) is 0 Å². The van der Waals surface area contributed by atoms with Gasteiger partial charge in [0.1, 0.15) is 0 Å². The molecule has 3 aromatic rings. The Morgan fingerprint density at radius 1 is 0.913 bits per heavy atom. The van der Waals surface area contributed by atoms with Gasteiger partial charge in [0.15, 0.2) is 0 Å². The molecule has 0 spiro atoms. The SMILES string of the molecule is CC(NC(=O)/C=C\c1ccccc1)c1ccc2ccccc2c1. The van der Waals surface area contributed by atoms with Gasteiger partial charge in [0, 0.05) is 6.08 Å². The standard InChI is InChI=1S/C21H19NO/c1-16(19-13-12-18-9-5-6-10-20(18)15-19)22-21(23)14-11-17-7-3-2-4-8-17/h2-16H,1H3,(H,22,23)/b14-11-. The maximum atomic E-state index is 12.1. The van der Waals surface area contributed by atoms with Crippen LogP contribution in [0.25, 0.3) is 16.8 Å². The number of carbonyl (C=O) groups is 1. The molecule has 3 rings (SSSR count). The zero-order valence-corrected chi connectivity index (χ0v) is 13.1. The summed E-state index contributed by atoms with van der Waals surface area (Å²) in [5.41, 5.74) is 2.12. The molecule has 1 unspecified atom stereocenters. The first-order valence-corrected chi connectivity index (χ1v) is 7.75. The van der Waals surface area contributed by atoms with Gasteiger partial charge in [0.25, 0.3) is 0 Å². The first-order valence-electron chi connectivity index (χ1n) is 7.75. The van der Waals surface area contributed by atoms with Crippen LogP contribution in [0.1, 0.15) is 24.1 Å². The summed E-state index contributed by atoms with van der Waals surface area (Å²) < 4.78 is 0. The third-order valence-electron chi connectivity index (χ3n) is 3.86. The van der Waals surface area contributed by atoms with Gasteiger partial charge in [-0.1, -0.05) is 66.7 Å². The van der Waals surface area contributed by atoms with Crippen LogP contribution in [0.15, 0.2) is 78.9 Å². The molecule has 0 saturated heterocycles. The molecule has 1 amide bonds. The van der Waals surface area contributed by atoms with E-state index in [0.29, 0.717) is 0 Å². The molecule has 0 aliphatic carbocycles. The minimum absolute atomic E-state index is 0.0347. The lowest BCUT2D eigenvalue weighted by Gasteiger charge is -2.13. The average Bonchev–Trinajstić information content (AvgIpc) is 2.60. The molecule has 0 saturated carbocycles. The van der Waals surface area contributed by atoms with Crippen LogP contribution in [0.4, 0.5) is 0 Å². The number of amides is 1. The molecule has 2 heteroatoms. The minimum Gasteiger partial charge on any atom is -0.346 e. The highest BCUT2D eigenvalue weighted by atomic mass is 16.1. The monoisotopic (exact) mass is 301 g/mol. The molecule has 3 aromatic carbocycles. The Kier molecular flexibility index (Phi) is 4.53. The molecule has 0 aromatic heterocycles. The molecule has 0 bridgehead atoms. The molecular formula is C21H19NO. The van der Waals surface area contributed by atoms with E-state index in [1.54, 1.807) is 6.08 Å². The van der Waals surface area contributed by atoms with Gasteiger partial charge in [-0.2, -0.15) is 0 Å². The van der Waals surface area contributed by atoms with Crippen LogP contribution < -0.4 is 5.32 Å². The van der Waals surface area contributed by atoms with Crippen molar-refractivity contribution < 1.29 is 4.79 Å². The summed E-state index contributed by atoms with van der Waals surface area (Å²) in [6, 6.07) is 24.3. The Balaban J connectivity index is 1.68. The van der Waals surface area contributed by atoms with Crippen molar-refractivity contribution >= 4 is 22.8 Å². The zero-order chi connectivity index (χ0) is 16.1. The van der Waals surface area contributed by atoms with E-state index in [9.17, 15) is 4.79 Å². The quantitative estimate of drug-likeness (QED) is 0.693. The Hall–Kier alpha value is -2.87. The summed E-state index contributed by atoms with van der Waals surface area (Å²) >= 11 is 0. The topological polar surface area (TPSA) is 29.1 Å². The lowest BCUT2D eigenvalue weighted by atomic mass is 10.0. The fraction of sp³-hybridized carbons (Fsp3) is 0.0952. The van der Waals surface area contributed by atoms with Crippen LogP contribution in [0.2, 0.25) is 0 Å². The van der Waals surface area contributed by atoms with Crippen LogP contribution >= 0.6 is 0 Å². The fourth-order valence-electron chi connectivity index (χ4n) is 2.56. The van der Waals surface area contributed by atoms with Crippen molar-refractivity contribution in [2.24, 2.45) is 0 Å². The van der Waals surface area contributed by atoms with E-state index in [1.807, 2.05) is 55.5 Å². The molecule has 1 atom stereocenters. The average molecular weight is 301 g/mol. The van der Waals surface area contributed by atoms with Crippen molar-refractivity contribution in [1.29, 1.82) is 0 Å². The Bertz CT molecular complexity index is 837. The maximum Gasteiger partial charge on any atom is 0.244 e. The summed E-state index contributed by atoms with van der Waals surface area (Å²) in [5, 5.41) is 5.40. The van der Waals surface area contributed by atoms with Gasteiger partial charge in [0.05, 0.1) is 6.04 Å². The third-order valence-corrected chi connectivity index (χ3v) is 3.86. The van der Waals surface area contributed by atoms with E-state index in [1.165, 1.54) is 10.8 Å². The van der Waals surface area contributed by atoms with Gasteiger partial charge in [-0.05, 0) is 41.0 Å². The van der Waals surface area contributed by atoms with Gasteiger partial charge in [0.2, 0.25) is 5.91 Å². The molecule has 23 heavy (non-hydrogen) atoms. The largest absolute Gasteiger partial charge is 0.346 e. The third kappa shape index (κ3) is 3.86. The normalized spacial score (nSPS) is 12.4. The number of hydrogen-bond acceptors (Lipinski definition) is 1. The lowest BCUT2D eigenvalue weighted by molar-refractivity contribution is -0.117. The van der Waals surface area contributed by atoms with E-state index < -0.39 is 0 Å². The van der Waals surface area contributed by atoms with Gasteiger partial charge in [-0.3, -0.25) is 4.79 Å². The van der Waals surface area contributed by atoms with Crippen molar-refractivity contribution in [3.05, 3.63) is 90.0 Å². The molecule has 0 aliphatic rings. The Morgan fingerprint density at radius 3 is 2.39 bits per heavy atom. The number of rotatable bonds is 4. The van der Waals surface area contributed by atoms with E-state index in [2.05, 4.69) is 35.6 Å². The highest BCUT2D eigenvalue weighted by molar-refractivity contribution is 5.92. The van der Waals surface area contributed by atoms with E-state index in [-0.39, 0.29) is 11.9 Å². The fourth-order valence-corrected chi connectivity index (χ4v) is 2.56. The second-order valence-electron chi connectivity index (χ2n) is 5.58. The van der Waals surface area contributed by atoms with Gasteiger partial charge in [-0.15, -0.1) is 0 Å². The van der Waals surface area contributed by atoms with Crippen LogP contribution in [0.3, 0.4) is 0 Å². The predicted molar refractivity (Wildman–Crippen MR) is 96.0 cm³/mol.